The molecule has 0 aliphatic carbocycles. The molecular formula is C19H18Cl3NO3. The summed E-state index contributed by atoms with van der Waals surface area (Å²) in [6.45, 7) is 3.13. The quantitative estimate of drug-likeness (QED) is 0.494. The van der Waals surface area contributed by atoms with Gasteiger partial charge in [-0.2, -0.15) is 5.06 Å². The predicted octanol–water partition coefficient (Wildman–Crippen LogP) is 5.27. The number of rotatable bonds is 5. The zero-order valence-electron chi connectivity index (χ0n) is 14.3. The van der Waals surface area contributed by atoms with E-state index in [-0.39, 0.29) is 6.54 Å². The van der Waals surface area contributed by atoms with Gasteiger partial charge >= 0.3 is 5.97 Å². The minimum absolute atomic E-state index is 0.0268. The molecule has 0 saturated heterocycles. The van der Waals surface area contributed by atoms with Crippen molar-refractivity contribution in [3.8, 4) is 0 Å². The van der Waals surface area contributed by atoms with Gasteiger partial charge in [0.2, 0.25) is 0 Å². The maximum atomic E-state index is 12.9. The summed E-state index contributed by atoms with van der Waals surface area (Å²) in [4.78, 5) is 29.7. The Morgan fingerprint density at radius 2 is 1.62 bits per heavy atom. The van der Waals surface area contributed by atoms with Gasteiger partial charge in [0.25, 0.3) is 5.91 Å². The molecule has 2 aromatic rings. The van der Waals surface area contributed by atoms with Crippen LogP contribution in [-0.4, -0.2) is 21.8 Å². The Labute approximate surface area is 167 Å². The van der Waals surface area contributed by atoms with Gasteiger partial charge in [-0.25, -0.2) is 4.79 Å². The highest BCUT2D eigenvalue weighted by Gasteiger charge is 2.40. The predicted molar refractivity (Wildman–Crippen MR) is 103 cm³/mol. The van der Waals surface area contributed by atoms with Crippen LogP contribution in [0.5, 0.6) is 0 Å². The maximum Gasteiger partial charge on any atom is 0.363 e. The highest BCUT2D eigenvalue weighted by atomic mass is 35.5. The van der Waals surface area contributed by atoms with Crippen molar-refractivity contribution in [1.29, 1.82) is 0 Å². The minimum atomic E-state index is -1.17. The number of carbonyl (C=O) groups excluding carboxylic acids is 2. The Bertz CT molecular complexity index is 779. The molecule has 0 unspecified atom stereocenters. The van der Waals surface area contributed by atoms with Crippen LogP contribution in [0.2, 0.25) is 5.02 Å². The summed E-state index contributed by atoms with van der Waals surface area (Å²) in [7, 11) is 0. The van der Waals surface area contributed by atoms with Gasteiger partial charge in [-0.3, -0.25) is 4.79 Å². The summed E-state index contributed by atoms with van der Waals surface area (Å²) in [5.74, 6) is -1.20. The zero-order chi connectivity index (χ0) is 19.3. The molecule has 0 N–H and O–H groups in total. The van der Waals surface area contributed by atoms with Crippen LogP contribution in [0.1, 0.15) is 29.8 Å². The van der Waals surface area contributed by atoms with Gasteiger partial charge < -0.3 is 4.84 Å². The van der Waals surface area contributed by atoms with E-state index >= 15 is 0 Å². The number of halogens is 3. The van der Waals surface area contributed by atoms with Crippen molar-refractivity contribution in [3.05, 3.63) is 70.7 Å². The molecule has 0 bridgehead atoms. The normalized spacial score (nSPS) is 11.3. The molecule has 0 aromatic heterocycles. The van der Waals surface area contributed by atoms with Crippen LogP contribution in [0.3, 0.4) is 0 Å². The molecule has 2 aromatic carbocycles. The van der Waals surface area contributed by atoms with Crippen molar-refractivity contribution in [2.75, 3.05) is 0 Å². The minimum Gasteiger partial charge on any atom is -0.332 e. The second-order valence-electron chi connectivity index (χ2n) is 6.20. The molecule has 0 fully saturated rings. The fraction of sp³-hybridized carbons (Fsp3) is 0.263. The number of hydroxylamine groups is 2. The molecule has 0 heterocycles. The van der Waals surface area contributed by atoms with Crippen molar-refractivity contribution in [2.24, 2.45) is 5.41 Å². The number of hydrogen-bond donors (Lipinski definition) is 0. The van der Waals surface area contributed by atoms with Crippen LogP contribution in [0, 0.1) is 5.41 Å². The lowest BCUT2D eigenvalue weighted by Crippen LogP contribution is -2.44. The summed E-state index contributed by atoms with van der Waals surface area (Å²) in [5, 5.41) is 1.40. The lowest BCUT2D eigenvalue weighted by molar-refractivity contribution is -0.179. The highest BCUT2D eigenvalue weighted by Crippen LogP contribution is 2.32. The molecule has 1 amide bonds. The Morgan fingerprint density at radius 3 is 2.19 bits per heavy atom. The second kappa shape index (κ2) is 8.76. The van der Waals surface area contributed by atoms with Crippen molar-refractivity contribution in [3.63, 3.8) is 0 Å². The van der Waals surface area contributed by atoms with Gasteiger partial charge in [-0.05, 0) is 37.6 Å². The van der Waals surface area contributed by atoms with Crippen LogP contribution in [0.4, 0.5) is 0 Å². The molecule has 7 heteroatoms. The number of benzene rings is 2. The summed E-state index contributed by atoms with van der Waals surface area (Å²) < 4.78 is 0. The lowest BCUT2D eigenvalue weighted by atomic mass is 9.94. The molecule has 0 aliphatic heterocycles. The van der Waals surface area contributed by atoms with E-state index in [1.54, 1.807) is 68.4 Å². The molecule has 0 atom stereocenters. The van der Waals surface area contributed by atoms with E-state index in [2.05, 4.69) is 0 Å². The van der Waals surface area contributed by atoms with E-state index in [9.17, 15) is 9.59 Å². The molecular weight excluding hydrogens is 397 g/mol. The van der Waals surface area contributed by atoms with E-state index in [0.717, 1.165) is 5.06 Å². The molecule has 138 valence electrons. The Hall–Kier alpha value is -1.75. The van der Waals surface area contributed by atoms with E-state index in [0.29, 0.717) is 16.1 Å². The first kappa shape index (κ1) is 20.6. The first-order valence-corrected chi connectivity index (χ1v) is 9.09. The van der Waals surface area contributed by atoms with Gasteiger partial charge in [0.05, 0.1) is 17.5 Å². The summed E-state index contributed by atoms with van der Waals surface area (Å²) >= 11 is 18.1. The monoisotopic (exact) mass is 413 g/mol. The van der Waals surface area contributed by atoms with Crippen LogP contribution in [-0.2, 0) is 16.2 Å². The molecule has 0 saturated carbocycles. The highest BCUT2D eigenvalue weighted by molar-refractivity contribution is 6.45. The molecule has 26 heavy (non-hydrogen) atoms. The third kappa shape index (κ3) is 4.91. The Morgan fingerprint density at radius 1 is 1.04 bits per heavy atom. The molecule has 0 radical (unpaired) electrons. The van der Waals surface area contributed by atoms with E-state index < -0.39 is 22.1 Å². The molecule has 0 aliphatic rings. The SMILES string of the molecule is CC(C)(C(=O)N(Cc1ccccc1Cl)OC(=O)c1ccccc1)C(Cl)Cl. The zero-order valence-corrected chi connectivity index (χ0v) is 16.6. The van der Waals surface area contributed by atoms with Gasteiger partial charge in [0.1, 0.15) is 4.84 Å². The summed E-state index contributed by atoms with van der Waals surface area (Å²) in [6.07, 6.45) is 0. The lowest BCUT2D eigenvalue weighted by Gasteiger charge is -2.31. The fourth-order valence-electron chi connectivity index (χ4n) is 2.07. The van der Waals surface area contributed by atoms with Crippen molar-refractivity contribution in [2.45, 2.75) is 25.2 Å². The first-order valence-electron chi connectivity index (χ1n) is 7.84. The van der Waals surface area contributed by atoms with E-state index in [1.165, 1.54) is 0 Å². The van der Waals surface area contributed by atoms with Crippen molar-refractivity contribution >= 4 is 46.7 Å². The molecule has 2 rings (SSSR count). The smallest absolute Gasteiger partial charge is 0.332 e. The standard InChI is InChI=1S/C19H18Cl3NO3/c1-19(2,17(21)22)18(25)23(12-14-10-6-7-11-15(14)20)26-16(24)13-8-4-3-5-9-13/h3-11,17H,12H2,1-2H3. The average molecular weight is 415 g/mol. The summed E-state index contributed by atoms with van der Waals surface area (Å²) in [6, 6.07) is 15.3. The van der Waals surface area contributed by atoms with E-state index in [1.807, 2.05) is 0 Å². The number of alkyl halides is 2. The molecule has 0 spiro atoms. The molecule has 4 nitrogen and oxygen atoms in total. The van der Waals surface area contributed by atoms with Gasteiger partial charge in [0, 0.05) is 5.02 Å². The van der Waals surface area contributed by atoms with E-state index in [4.69, 9.17) is 39.6 Å². The third-order valence-corrected chi connectivity index (χ3v) is 5.26. The van der Waals surface area contributed by atoms with Crippen LogP contribution >= 0.6 is 34.8 Å². The number of hydrogen-bond acceptors (Lipinski definition) is 3. The van der Waals surface area contributed by atoms with Crippen molar-refractivity contribution in [1.82, 2.24) is 5.06 Å². The fourth-order valence-corrected chi connectivity index (χ4v) is 2.45. The number of amides is 1. The summed E-state index contributed by atoms with van der Waals surface area (Å²) in [5.41, 5.74) is -0.225. The largest absolute Gasteiger partial charge is 0.363 e. The van der Waals surface area contributed by atoms with Crippen LogP contribution in [0.15, 0.2) is 54.6 Å². The van der Waals surface area contributed by atoms with Crippen molar-refractivity contribution < 1.29 is 14.4 Å². The first-order chi connectivity index (χ1) is 12.2. The Kier molecular flexibility index (Phi) is 6.93. The topological polar surface area (TPSA) is 46.6 Å². The number of nitrogens with zero attached hydrogens (tertiary/aromatic N) is 1. The average Bonchev–Trinajstić information content (AvgIpc) is 2.62. The number of carbonyl (C=O) groups is 2. The van der Waals surface area contributed by atoms with Gasteiger partial charge in [-0.15, -0.1) is 23.2 Å². The Balaban J connectivity index is 2.31. The van der Waals surface area contributed by atoms with Crippen LogP contribution in [0.25, 0.3) is 0 Å². The maximum absolute atomic E-state index is 12.9. The second-order valence-corrected chi connectivity index (χ2v) is 7.70. The van der Waals surface area contributed by atoms with Gasteiger partial charge in [0.15, 0.2) is 0 Å². The third-order valence-electron chi connectivity index (χ3n) is 3.80. The van der Waals surface area contributed by atoms with Crippen LogP contribution < -0.4 is 0 Å². The van der Waals surface area contributed by atoms with Gasteiger partial charge in [-0.1, -0.05) is 48.0 Å².